The summed E-state index contributed by atoms with van der Waals surface area (Å²) in [6.07, 6.45) is 0.934. The van der Waals surface area contributed by atoms with E-state index >= 15 is 0 Å². The molecule has 1 aliphatic heterocycles. The van der Waals surface area contributed by atoms with Gasteiger partial charge in [0.25, 0.3) is 5.91 Å². The van der Waals surface area contributed by atoms with E-state index in [9.17, 15) is 9.59 Å². The minimum absolute atomic E-state index is 0.0270. The van der Waals surface area contributed by atoms with Gasteiger partial charge in [-0.2, -0.15) is 0 Å². The van der Waals surface area contributed by atoms with Crippen molar-refractivity contribution in [1.29, 1.82) is 0 Å². The number of amides is 1. The number of rotatable bonds is 2. The minimum atomic E-state index is -0.0270. The molecule has 0 unspecified atom stereocenters. The zero-order valence-electron chi connectivity index (χ0n) is 10.7. The van der Waals surface area contributed by atoms with Gasteiger partial charge in [0.15, 0.2) is 0 Å². The number of nitrogens with zero attached hydrogens (tertiary/aromatic N) is 1. The molecule has 1 fully saturated rings. The van der Waals surface area contributed by atoms with Crippen LogP contribution in [-0.4, -0.2) is 36.8 Å². The van der Waals surface area contributed by atoms with Crippen LogP contribution >= 0.6 is 0 Å². The molecule has 4 nitrogen and oxygen atoms in total. The molecule has 0 aromatic heterocycles. The summed E-state index contributed by atoms with van der Waals surface area (Å²) in [5.74, 6) is 0.926. The first kappa shape index (κ1) is 12.6. The molecule has 1 saturated heterocycles. The number of aryl methyl sites for hydroxylation is 1. The average Bonchev–Trinajstić information content (AvgIpc) is 2.39. The molecule has 0 saturated carbocycles. The van der Waals surface area contributed by atoms with Crippen molar-refractivity contribution < 1.29 is 14.3 Å². The van der Waals surface area contributed by atoms with Gasteiger partial charge in [-0.15, -0.1) is 0 Å². The van der Waals surface area contributed by atoms with Crippen LogP contribution in [0.1, 0.15) is 28.8 Å². The molecular weight excluding hydrogens is 230 g/mol. The first-order valence-corrected chi connectivity index (χ1v) is 6.07. The number of likely N-dealkylation sites (tertiary alicyclic amines) is 1. The van der Waals surface area contributed by atoms with Gasteiger partial charge in [0.2, 0.25) is 0 Å². The van der Waals surface area contributed by atoms with Crippen molar-refractivity contribution in [3.63, 3.8) is 0 Å². The van der Waals surface area contributed by atoms with Crippen LogP contribution in [0, 0.1) is 6.92 Å². The fourth-order valence-corrected chi connectivity index (χ4v) is 2.09. The minimum Gasteiger partial charge on any atom is -0.496 e. The van der Waals surface area contributed by atoms with Gasteiger partial charge in [0.1, 0.15) is 11.5 Å². The van der Waals surface area contributed by atoms with Crippen molar-refractivity contribution in [3.05, 3.63) is 29.3 Å². The Kier molecular flexibility index (Phi) is 3.65. The molecule has 0 bridgehead atoms. The fraction of sp³-hybridized carbons (Fsp3) is 0.429. The summed E-state index contributed by atoms with van der Waals surface area (Å²) >= 11 is 0. The molecule has 1 aliphatic rings. The molecule has 1 heterocycles. The number of ether oxygens (including phenoxy) is 1. The summed E-state index contributed by atoms with van der Waals surface area (Å²) in [6, 6.07) is 5.44. The Labute approximate surface area is 107 Å². The molecule has 1 aromatic rings. The quantitative estimate of drug-likeness (QED) is 0.800. The van der Waals surface area contributed by atoms with Crippen molar-refractivity contribution in [2.24, 2.45) is 0 Å². The first-order valence-electron chi connectivity index (χ1n) is 6.07. The Hall–Kier alpha value is -1.84. The summed E-state index contributed by atoms with van der Waals surface area (Å²) in [5, 5.41) is 0. The van der Waals surface area contributed by atoms with Gasteiger partial charge in [0.05, 0.1) is 7.11 Å². The highest BCUT2D eigenvalue weighted by Gasteiger charge is 2.22. The number of hydrogen-bond acceptors (Lipinski definition) is 3. The zero-order chi connectivity index (χ0) is 13.1. The summed E-state index contributed by atoms with van der Waals surface area (Å²) in [5.41, 5.74) is 1.62. The maximum absolute atomic E-state index is 12.2. The number of carbonyl (C=O) groups excluding carboxylic acids is 2. The molecule has 0 radical (unpaired) electrons. The van der Waals surface area contributed by atoms with Gasteiger partial charge < -0.3 is 9.64 Å². The lowest BCUT2D eigenvalue weighted by Crippen LogP contribution is -2.38. The molecule has 2 rings (SSSR count). The van der Waals surface area contributed by atoms with Crippen LogP contribution < -0.4 is 4.74 Å². The number of ketones is 1. The number of benzene rings is 1. The Morgan fingerprint density at radius 1 is 1.28 bits per heavy atom. The average molecular weight is 247 g/mol. The number of carbonyl (C=O) groups is 2. The lowest BCUT2D eigenvalue weighted by molar-refractivity contribution is -0.120. The second-order valence-corrected chi connectivity index (χ2v) is 4.52. The van der Waals surface area contributed by atoms with Gasteiger partial charge >= 0.3 is 0 Å². The third-order valence-corrected chi connectivity index (χ3v) is 3.26. The van der Waals surface area contributed by atoms with Gasteiger partial charge in [-0.25, -0.2) is 0 Å². The smallest absolute Gasteiger partial charge is 0.254 e. The molecule has 0 aliphatic carbocycles. The predicted octanol–water partition coefficient (Wildman–Crippen LogP) is 1.81. The van der Waals surface area contributed by atoms with Crippen LogP contribution in [0.4, 0.5) is 0 Å². The standard InChI is InChI=1S/C14H17NO3/c1-10-3-4-11(9-13(10)18-2)14(17)15-7-5-12(16)6-8-15/h3-4,9H,5-8H2,1-2H3. The van der Waals surface area contributed by atoms with Crippen molar-refractivity contribution in [2.45, 2.75) is 19.8 Å². The predicted molar refractivity (Wildman–Crippen MR) is 67.9 cm³/mol. The zero-order valence-corrected chi connectivity index (χ0v) is 10.7. The van der Waals surface area contributed by atoms with E-state index in [0.717, 1.165) is 5.56 Å². The SMILES string of the molecule is COc1cc(C(=O)N2CCC(=O)CC2)ccc1C. The van der Waals surface area contributed by atoms with E-state index in [1.807, 2.05) is 13.0 Å². The highest BCUT2D eigenvalue weighted by molar-refractivity contribution is 5.96. The Morgan fingerprint density at radius 2 is 1.94 bits per heavy atom. The molecule has 0 atom stereocenters. The van der Waals surface area contributed by atoms with E-state index < -0.39 is 0 Å². The number of methoxy groups -OCH3 is 1. The van der Waals surface area contributed by atoms with E-state index in [2.05, 4.69) is 0 Å². The molecule has 4 heteroatoms. The molecule has 96 valence electrons. The maximum atomic E-state index is 12.2. The Balaban J connectivity index is 2.16. The highest BCUT2D eigenvalue weighted by atomic mass is 16.5. The third-order valence-electron chi connectivity index (χ3n) is 3.26. The Bertz CT molecular complexity index is 472. The largest absolute Gasteiger partial charge is 0.496 e. The van der Waals surface area contributed by atoms with Gasteiger partial charge in [-0.1, -0.05) is 6.07 Å². The number of Topliss-reactive ketones (excluding diaryl/α,β-unsaturated/α-hetero) is 1. The molecular formula is C14H17NO3. The summed E-state index contributed by atoms with van der Waals surface area (Å²) < 4.78 is 5.22. The topological polar surface area (TPSA) is 46.6 Å². The van der Waals surface area contributed by atoms with Crippen LogP contribution in [0.25, 0.3) is 0 Å². The second kappa shape index (κ2) is 5.21. The highest BCUT2D eigenvalue weighted by Crippen LogP contribution is 2.20. The van der Waals surface area contributed by atoms with Crippen molar-refractivity contribution in [2.75, 3.05) is 20.2 Å². The maximum Gasteiger partial charge on any atom is 0.254 e. The first-order chi connectivity index (χ1) is 8.61. The van der Waals surface area contributed by atoms with E-state index in [1.54, 1.807) is 24.1 Å². The van der Waals surface area contributed by atoms with Crippen LogP contribution in [-0.2, 0) is 4.79 Å². The summed E-state index contributed by atoms with van der Waals surface area (Å²) in [4.78, 5) is 25.1. The van der Waals surface area contributed by atoms with Crippen molar-refractivity contribution >= 4 is 11.7 Å². The van der Waals surface area contributed by atoms with Crippen molar-refractivity contribution in [1.82, 2.24) is 4.90 Å². The third kappa shape index (κ3) is 2.53. The van der Waals surface area contributed by atoms with E-state index in [0.29, 0.717) is 37.2 Å². The van der Waals surface area contributed by atoms with E-state index in [-0.39, 0.29) is 11.7 Å². The van der Waals surface area contributed by atoms with Crippen LogP contribution in [0.5, 0.6) is 5.75 Å². The lowest BCUT2D eigenvalue weighted by Gasteiger charge is -2.26. The van der Waals surface area contributed by atoms with Crippen LogP contribution in [0.2, 0.25) is 0 Å². The number of hydrogen-bond donors (Lipinski definition) is 0. The van der Waals surface area contributed by atoms with Gasteiger partial charge in [0, 0.05) is 31.5 Å². The van der Waals surface area contributed by atoms with Crippen molar-refractivity contribution in [3.8, 4) is 5.75 Å². The van der Waals surface area contributed by atoms with Gasteiger partial charge in [-0.3, -0.25) is 9.59 Å². The van der Waals surface area contributed by atoms with Crippen LogP contribution in [0.3, 0.4) is 0 Å². The second-order valence-electron chi connectivity index (χ2n) is 4.52. The lowest BCUT2D eigenvalue weighted by atomic mass is 10.1. The summed E-state index contributed by atoms with van der Waals surface area (Å²) in [7, 11) is 1.59. The molecule has 0 N–H and O–H groups in total. The van der Waals surface area contributed by atoms with E-state index in [4.69, 9.17) is 4.74 Å². The summed E-state index contributed by atoms with van der Waals surface area (Å²) in [6.45, 7) is 2.98. The number of piperidine rings is 1. The van der Waals surface area contributed by atoms with Crippen LogP contribution in [0.15, 0.2) is 18.2 Å². The monoisotopic (exact) mass is 247 g/mol. The normalized spacial score (nSPS) is 15.7. The Morgan fingerprint density at radius 3 is 2.56 bits per heavy atom. The molecule has 1 aromatic carbocycles. The molecule has 1 amide bonds. The molecule has 18 heavy (non-hydrogen) atoms. The van der Waals surface area contributed by atoms with E-state index in [1.165, 1.54) is 0 Å². The fourth-order valence-electron chi connectivity index (χ4n) is 2.09. The van der Waals surface area contributed by atoms with Gasteiger partial charge in [-0.05, 0) is 24.6 Å². The molecule has 0 spiro atoms.